The monoisotopic (exact) mass is 336 g/mol. The average Bonchev–Trinajstić information content (AvgIpc) is 2.90. The molecule has 3 heterocycles. The normalized spacial score (nSPS) is 15.0. The van der Waals surface area contributed by atoms with Gasteiger partial charge in [0.25, 0.3) is 5.91 Å². The minimum atomic E-state index is -0.222. The third kappa shape index (κ3) is 4.05. The van der Waals surface area contributed by atoms with Crippen LogP contribution >= 0.6 is 12.4 Å². The van der Waals surface area contributed by atoms with E-state index in [1.165, 1.54) is 0 Å². The van der Waals surface area contributed by atoms with E-state index < -0.39 is 0 Å². The van der Waals surface area contributed by atoms with Gasteiger partial charge in [-0.05, 0) is 45.0 Å². The van der Waals surface area contributed by atoms with E-state index in [-0.39, 0.29) is 18.3 Å². The molecule has 0 aromatic carbocycles. The standard InChI is InChI=1S/C15H20N6O.ClH/c1-10-3-4-12(9-17-10)14(22)19-15-18-13(20-21(15)2)11-5-7-16-8-6-11;/h3-4,9,11,16H,5-8H2,1-2H3,(H,18,19,20,22);1H. The number of aryl methyl sites for hydroxylation is 2. The van der Waals surface area contributed by atoms with Gasteiger partial charge < -0.3 is 5.32 Å². The lowest BCUT2D eigenvalue weighted by Gasteiger charge is -2.19. The molecule has 0 aliphatic carbocycles. The predicted molar refractivity (Wildman–Crippen MR) is 90.0 cm³/mol. The van der Waals surface area contributed by atoms with Crippen molar-refractivity contribution >= 4 is 24.3 Å². The molecule has 2 aromatic rings. The summed E-state index contributed by atoms with van der Waals surface area (Å²) in [5.41, 5.74) is 1.39. The van der Waals surface area contributed by atoms with Crippen LogP contribution in [0.15, 0.2) is 18.3 Å². The summed E-state index contributed by atoms with van der Waals surface area (Å²) in [5, 5.41) is 10.6. The van der Waals surface area contributed by atoms with Crippen molar-refractivity contribution in [3.8, 4) is 0 Å². The van der Waals surface area contributed by atoms with E-state index in [0.717, 1.165) is 37.4 Å². The molecule has 1 aliphatic rings. The largest absolute Gasteiger partial charge is 0.317 e. The molecule has 1 amide bonds. The number of carbonyl (C=O) groups is 1. The van der Waals surface area contributed by atoms with Crippen LogP contribution < -0.4 is 10.6 Å². The number of hydrogen-bond acceptors (Lipinski definition) is 5. The zero-order chi connectivity index (χ0) is 15.5. The number of carbonyl (C=O) groups excluding carboxylic acids is 1. The van der Waals surface area contributed by atoms with Gasteiger partial charge in [-0.15, -0.1) is 12.4 Å². The molecule has 1 aliphatic heterocycles. The molecule has 2 N–H and O–H groups in total. The van der Waals surface area contributed by atoms with Crippen LogP contribution in [0.4, 0.5) is 5.95 Å². The summed E-state index contributed by atoms with van der Waals surface area (Å²) in [6, 6.07) is 3.56. The molecule has 2 aromatic heterocycles. The van der Waals surface area contributed by atoms with Gasteiger partial charge in [0.15, 0.2) is 5.82 Å². The van der Waals surface area contributed by atoms with Crippen molar-refractivity contribution in [3.05, 3.63) is 35.4 Å². The van der Waals surface area contributed by atoms with Gasteiger partial charge in [0, 0.05) is 24.9 Å². The number of amides is 1. The van der Waals surface area contributed by atoms with E-state index in [4.69, 9.17) is 0 Å². The third-order valence-electron chi connectivity index (χ3n) is 3.88. The van der Waals surface area contributed by atoms with Gasteiger partial charge in [0.05, 0.1) is 5.56 Å². The van der Waals surface area contributed by atoms with Crippen molar-refractivity contribution in [1.82, 2.24) is 25.1 Å². The van der Waals surface area contributed by atoms with E-state index in [2.05, 4.69) is 25.7 Å². The van der Waals surface area contributed by atoms with E-state index >= 15 is 0 Å². The Kier molecular flexibility index (Phi) is 5.68. The highest BCUT2D eigenvalue weighted by atomic mass is 35.5. The maximum atomic E-state index is 12.2. The zero-order valence-corrected chi connectivity index (χ0v) is 14.1. The number of hydrogen-bond donors (Lipinski definition) is 2. The molecule has 0 atom stereocenters. The smallest absolute Gasteiger partial charge is 0.259 e. The molecular weight excluding hydrogens is 316 g/mol. The fraction of sp³-hybridized carbons (Fsp3) is 0.467. The minimum absolute atomic E-state index is 0. The first-order chi connectivity index (χ1) is 10.6. The molecule has 0 saturated carbocycles. The van der Waals surface area contributed by atoms with Gasteiger partial charge in [-0.1, -0.05) is 0 Å². The molecule has 0 bridgehead atoms. The molecule has 3 rings (SSSR count). The highest BCUT2D eigenvalue weighted by Gasteiger charge is 2.21. The van der Waals surface area contributed by atoms with E-state index in [0.29, 0.717) is 17.4 Å². The Morgan fingerprint density at radius 1 is 1.35 bits per heavy atom. The lowest BCUT2D eigenvalue weighted by atomic mass is 9.98. The fourth-order valence-corrected chi connectivity index (χ4v) is 2.54. The molecule has 124 valence electrons. The Labute approximate surface area is 141 Å². The molecular formula is C15H21ClN6O. The molecule has 7 nitrogen and oxygen atoms in total. The van der Waals surface area contributed by atoms with Crippen LogP contribution in [0.2, 0.25) is 0 Å². The molecule has 0 unspecified atom stereocenters. The summed E-state index contributed by atoms with van der Waals surface area (Å²) in [5.74, 6) is 1.42. The third-order valence-corrected chi connectivity index (χ3v) is 3.88. The second kappa shape index (κ2) is 7.52. The number of nitrogens with zero attached hydrogens (tertiary/aromatic N) is 4. The number of anilines is 1. The van der Waals surface area contributed by atoms with Crippen molar-refractivity contribution < 1.29 is 4.79 Å². The van der Waals surface area contributed by atoms with Gasteiger partial charge in [0.1, 0.15) is 0 Å². The van der Waals surface area contributed by atoms with Gasteiger partial charge >= 0.3 is 0 Å². The summed E-state index contributed by atoms with van der Waals surface area (Å²) in [7, 11) is 1.79. The second-order valence-electron chi connectivity index (χ2n) is 5.58. The summed E-state index contributed by atoms with van der Waals surface area (Å²) in [4.78, 5) is 20.8. The van der Waals surface area contributed by atoms with Crippen molar-refractivity contribution in [3.63, 3.8) is 0 Å². The van der Waals surface area contributed by atoms with Gasteiger partial charge in [-0.2, -0.15) is 10.1 Å². The van der Waals surface area contributed by atoms with Crippen LogP contribution in [0, 0.1) is 6.92 Å². The lowest BCUT2D eigenvalue weighted by molar-refractivity contribution is 0.102. The Balaban J connectivity index is 0.00000192. The summed E-state index contributed by atoms with van der Waals surface area (Å²) in [6.07, 6.45) is 3.62. The predicted octanol–water partition coefficient (Wildman–Crippen LogP) is 1.66. The zero-order valence-electron chi connectivity index (χ0n) is 13.2. The van der Waals surface area contributed by atoms with E-state index in [9.17, 15) is 4.79 Å². The highest BCUT2D eigenvalue weighted by Crippen LogP contribution is 2.23. The van der Waals surface area contributed by atoms with Crippen LogP contribution in [0.3, 0.4) is 0 Å². The molecule has 1 fully saturated rings. The van der Waals surface area contributed by atoms with Crippen molar-refractivity contribution in [1.29, 1.82) is 0 Å². The fourth-order valence-electron chi connectivity index (χ4n) is 2.54. The molecule has 8 heteroatoms. The van der Waals surface area contributed by atoms with Crippen molar-refractivity contribution in [2.45, 2.75) is 25.7 Å². The maximum absolute atomic E-state index is 12.2. The minimum Gasteiger partial charge on any atom is -0.317 e. The first-order valence-electron chi connectivity index (χ1n) is 7.49. The summed E-state index contributed by atoms with van der Waals surface area (Å²) in [6.45, 7) is 3.86. The summed E-state index contributed by atoms with van der Waals surface area (Å²) < 4.78 is 1.62. The maximum Gasteiger partial charge on any atom is 0.259 e. The van der Waals surface area contributed by atoms with Gasteiger partial charge in [-0.3, -0.25) is 15.1 Å². The van der Waals surface area contributed by atoms with Crippen molar-refractivity contribution in [2.24, 2.45) is 7.05 Å². The first-order valence-corrected chi connectivity index (χ1v) is 7.49. The molecule has 0 radical (unpaired) electrons. The molecule has 0 spiro atoms. The second-order valence-corrected chi connectivity index (χ2v) is 5.58. The highest BCUT2D eigenvalue weighted by molar-refractivity contribution is 6.03. The number of pyridine rings is 1. The summed E-state index contributed by atoms with van der Waals surface area (Å²) >= 11 is 0. The number of aromatic nitrogens is 4. The van der Waals surface area contributed by atoms with Crippen LogP contribution in [0.25, 0.3) is 0 Å². The van der Waals surface area contributed by atoms with E-state index in [1.807, 2.05) is 13.0 Å². The Morgan fingerprint density at radius 3 is 2.74 bits per heavy atom. The average molecular weight is 337 g/mol. The topological polar surface area (TPSA) is 84.7 Å². The number of piperidine rings is 1. The van der Waals surface area contributed by atoms with Gasteiger partial charge in [0.2, 0.25) is 5.95 Å². The number of rotatable bonds is 3. The van der Waals surface area contributed by atoms with Crippen LogP contribution in [0.1, 0.15) is 40.6 Å². The van der Waals surface area contributed by atoms with Crippen LogP contribution in [-0.4, -0.2) is 38.7 Å². The van der Waals surface area contributed by atoms with Gasteiger partial charge in [-0.25, -0.2) is 4.68 Å². The number of nitrogens with one attached hydrogen (secondary N) is 2. The Hall–Kier alpha value is -1.99. The lowest BCUT2D eigenvalue weighted by Crippen LogP contribution is -2.27. The van der Waals surface area contributed by atoms with E-state index in [1.54, 1.807) is 24.0 Å². The molecule has 1 saturated heterocycles. The van der Waals surface area contributed by atoms with Crippen LogP contribution in [-0.2, 0) is 7.05 Å². The Morgan fingerprint density at radius 2 is 2.09 bits per heavy atom. The first kappa shape index (κ1) is 17.4. The molecule has 23 heavy (non-hydrogen) atoms. The van der Waals surface area contributed by atoms with Crippen molar-refractivity contribution in [2.75, 3.05) is 18.4 Å². The number of halogens is 1. The quantitative estimate of drug-likeness (QED) is 0.890. The SMILES string of the molecule is Cc1ccc(C(=O)Nc2nc(C3CCNCC3)nn2C)cn1.Cl. The Bertz CT molecular complexity index is 663. The van der Waals surface area contributed by atoms with Crippen LogP contribution in [0.5, 0.6) is 0 Å².